The van der Waals surface area contributed by atoms with Gasteiger partial charge in [-0.25, -0.2) is 4.98 Å². The molecule has 2 aromatic rings. The van der Waals surface area contributed by atoms with Crippen molar-refractivity contribution in [3.05, 3.63) is 45.9 Å². The van der Waals surface area contributed by atoms with Crippen molar-refractivity contribution in [2.45, 2.75) is 45.6 Å². The number of thiazole rings is 1. The first-order valence-electron chi connectivity index (χ1n) is 11.1. The van der Waals surface area contributed by atoms with Crippen molar-refractivity contribution < 1.29 is 4.74 Å². The minimum absolute atomic E-state index is 0.268. The number of aromatic nitrogens is 1. The number of hydrogen-bond donors (Lipinski definition) is 2. The first kappa shape index (κ1) is 22.6. The molecule has 164 valence electrons. The Bertz CT molecular complexity index is 800. The van der Waals surface area contributed by atoms with Crippen molar-refractivity contribution >= 4 is 17.3 Å². The number of aliphatic imine (C=N–C) groups is 1. The molecule has 1 aliphatic heterocycles. The third kappa shape index (κ3) is 6.44. The topological polar surface area (TPSA) is 61.8 Å². The largest absolute Gasteiger partial charge is 0.497 e. The smallest absolute Gasteiger partial charge is 0.191 e. The summed E-state index contributed by atoms with van der Waals surface area (Å²) >= 11 is 1.80. The van der Waals surface area contributed by atoms with Crippen LogP contribution in [0.15, 0.2) is 35.5 Å². The van der Waals surface area contributed by atoms with E-state index in [1.165, 1.54) is 28.3 Å². The number of nitrogens with one attached hydrogen (secondary N) is 2. The molecule has 1 fully saturated rings. The minimum atomic E-state index is 0.268. The van der Waals surface area contributed by atoms with Gasteiger partial charge in [-0.15, -0.1) is 11.3 Å². The molecule has 3 rings (SSSR count). The summed E-state index contributed by atoms with van der Waals surface area (Å²) in [5.74, 6) is 1.78. The third-order valence-corrected chi connectivity index (χ3v) is 6.61. The van der Waals surface area contributed by atoms with Crippen LogP contribution in [0.5, 0.6) is 5.75 Å². The van der Waals surface area contributed by atoms with Crippen LogP contribution in [0.2, 0.25) is 0 Å². The number of methoxy groups -OCH3 is 1. The summed E-state index contributed by atoms with van der Waals surface area (Å²) < 4.78 is 5.45. The number of nitrogens with zero attached hydrogens (tertiary/aromatic N) is 3. The SMILES string of the molecule is CCNC(=NCC(c1cccc(OC)c1)N1CCCC1)NCCc1ncc(CC)s1. The van der Waals surface area contributed by atoms with Gasteiger partial charge >= 0.3 is 0 Å². The number of aryl methyl sites for hydroxylation is 1. The minimum Gasteiger partial charge on any atom is -0.497 e. The van der Waals surface area contributed by atoms with Crippen LogP contribution in [0.3, 0.4) is 0 Å². The second-order valence-electron chi connectivity index (χ2n) is 7.51. The summed E-state index contributed by atoms with van der Waals surface area (Å²) in [6.45, 7) is 8.93. The van der Waals surface area contributed by atoms with Gasteiger partial charge in [0.1, 0.15) is 5.75 Å². The Hall–Kier alpha value is -2.12. The Kier molecular flexibility index (Phi) is 8.96. The van der Waals surface area contributed by atoms with E-state index in [1.54, 1.807) is 18.4 Å². The number of likely N-dealkylation sites (tertiary alicyclic amines) is 1. The highest BCUT2D eigenvalue weighted by atomic mass is 32.1. The Morgan fingerprint density at radius 2 is 2.10 bits per heavy atom. The molecule has 2 heterocycles. The predicted molar refractivity (Wildman–Crippen MR) is 126 cm³/mol. The molecule has 7 heteroatoms. The molecule has 0 spiro atoms. The average molecular weight is 430 g/mol. The molecule has 0 amide bonds. The highest BCUT2D eigenvalue weighted by Crippen LogP contribution is 2.27. The van der Waals surface area contributed by atoms with Gasteiger partial charge in [0.05, 0.1) is 24.7 Å². The van der Waals surface area contributed by atoms with Gasteiger partial charge in [-0.1, -0.05) is 19.1 Å². The van der Waals surface area contributed by atoms with E-state index in [-0.39, 0.29) is 6.04 Å². The molecule has 0 saturated carbocycles. The summed E-state index contributed by atoms with van der Waals surface area (Å²) in [6.07, 6.45) is 6.48. The van der Waals surface area contributed by atoms with Crippen LogP contribution in [0.25, 0.3) is 0 Å². The molecule has 6 nitrogen and oxygen atoms in total. The van der Waals surface area contributed by atoms with Gasteiger partial charge in [-0.3, -0.25) is 9.89 Å². The predicted octanol–water partition coefficient (Wildman–Crippen LogP) is 3.65. The molecular weight excluding hydrogens is 394 g/mol. The van der Waals surface area contributed by atoms with E-state index in [2.05, 4.69) is 52.6 Å². The van der Waals surface area contributed by atoms with Crippen molar-refractivity contribution in [2.75, 3.05) is 39.8 Å². The molecule has 30 heavy (non-hydrogen) atoms. The van der Waals surface area contributed by atoms with Crippen LogP contribution < -0.4 is 15.4 Å². The molecule has 0 bridgehead atoms. The molecule has 2 N–H and O–H groups in total. The van der Waals surface area contributed by atoms with Gasteiger partial charge in [-0.2, -0.15) is 0 Å². The standard InChI is InChI=1S/C23H35N5OS/c1-4-20-16-26-22(30-20)11-12-25-23(24-5-2)27-17-21(28-13-6-7-14-28)18-9-8-10-19(15-18)29-3/h8-10,15-16,21H,4-7,11-14,17H2,1-3H3,(H2,24,25,27). The lowest BCUT2D eigenvalue weighted by atomic mass is 10.1. The van der Waals surface area contributed by atoms with Gasteiger partial charge in [0.2, 0.25) is 0 Å². The van der Waals surface area contributed by atoms with E-state index in [1.807, 2.05) is 12.3 Å². The number of guanidine groups is 1. The molecular formula is C23H35N5OS. The van der Waals surface area contributed by atoms with Crippen molar-refractivity contribution in [3.8, 4) is 5.75 Å². The Balaban J connectivity index is 1.65. The fourth-order valence-electron chi connectivity index (χ4n) is 3.77. The lowest BCUT2D eigenvalue weighted by Crippen LogP contribution is -2.39. The van der Waals surface area contributed by atoms with Crippen LogP contribution in [0, 0.1) is 0 Å². The monoisotopic (exact) mass is 429 g/mol. The van der Waals surface area contributed by atoms with Gasteiger partial charge in [0.15, 0.2) is 5.96 Å². The zero-order chi connectivity index (χ0) is 21.2. The number of rotatable bonds is 10. The van der Waals surface area contributed by atoms with Crippen LogP contribution >= 0.6 is 11.3 Å². The lowest BCUT2D eigenvalue weighted by molar-refractivity contribution is 0.251. The summed E-state index contributed by atoms with van der Waals surface area (Å²) in [5, 5.41) is 8.04. The lowest BCUT2D eigenvalue weighted by Gasteiger charge is -2.27. The normalized spacial score (nSPS) is 15.9. The second-order valence-corrected chi connectivity index (χ2v) is 8.71. The highest BCUT2D eigenvalue weighted by Gasteiger charge is 2.23. The summed E-state index contributed by atoms with van der Waals surface area (Å²) in [7, 11) is 1.72. The second kappa shape index (κ2) is 11.9. The zero-order valence-corrected chi connectivity index (χ0v) is 19.3. The fourth-order valence-corrected chi connectivity index (χ4v) is 4.63. The number of benzene rings is 1. The molecule has 1 atom stereocenters. The van der Waals surface area contributed by atoms with E-state index in [0.717, 1.165) is 57.3 Å². The maximum Gasteiger partial charge on any atom is 0.191 e. The van der Waals surface area contributed by atoms with E-state index < -0.39 is 0 Å². The molecule has 1 aromatic carbocycles. The van der Waals surface area contributed by atoms with Gasteiger partial charge < -0.3 is 15.4 Å². The van der Waals surface area contributed by atoms with Crippen LogP contribution in [0.4, 0.5) is 0 Å². The molecule has 1 aliphatic rings. The maximum atomic E-state index is 5.45. The number of ether oxygens (including phenoxy) is 1. The summed E-state index contributed by atoms with van der Waals surface area (Å²) in [4.78, 5) is 13.3. The molecule has 0 aliphatic carbocycles. The van der Waals surface area contributed by atoms with Crippen LogP contribution in [-0.4, -0.2) is 55.7 Å². The van der Waals surface area contributed by atoms with Crippen molar-refractivity contribution in [3.63, 3.8) is 0 Å². The first-order chi connectivity index (χ1) is 14.7. The highest BCUT2D eigenvalue weighted by molar-refractivity contribution is 7.11. The Morgan fingerprint density at radius 3 is 2.80 bits per heavy atom. The Morgan fingerprint density at radius 1 is 1.27 bits per heavy atom. The average Bonchev–Trinajstić information content (AvgIpc) is 3.46. The molecule has 1 unspecified atom stereocenters. The van der Waals surface area contributed by atoms with Crippen LogP contribution in [-0.2, 0) is 12.8 Å². The quantitative estimate of drug-likeness (QED) is 0.446. The molecule has 1 saturated heterocycles. The van der Waals surface area contributed by atoms with Crippen molar-refractivity contribution in [1.29, 1.82) is 0 Å². The van der Waals surface area contributed by atoms with E-state index >= 15 is 0 Å². The van der Waals surface area contributed by atoms with Gasteiger partial charge in [0, 0.05) is 30.6 Å². The molecule has 0 radical (unpaired) electrons. The van der Waals surface area contributed by atoms with E-state index in [9.17, 15) is 0 Å². The number of hydrogen-bond acceptors (Lipinski definition) is 5. The summed E-state index contributed by atoms with van der Waals surface area (Å²) in [5.41, 5.74) is 1.27. The van der Waals surface area contributed by atoms with Crippen LogP contribution in [0.1, 0.15) is 48.2 Å². The van der Waals surface area contributed by atoms with E-state index in [0.29, 0.717) is 0 Å². The maximum absolute atomic E-state index is 5.45. The summed E-state index contributed by atoms with van der Waals surface area (Å²) in [6, 6.07) is 8.68. The first-order valence-corrected chi connectivity index (χ1v) is 11.9. The molecule has 1 aromatic heterocycles. The fraction of sp³-hybridized carbons (Fsp3) is 0.565. The zero-order valence-electron chi connectivity index (χ0n) is 18.5. The van der Waals surface area contributed by atoms with E-state index in [4.69, 9.17) is 9.73 Å². The Labute approximate surface area is 184 Å². The van der Waals surface area contributed by atoms with Crippen molar-refractivity contribution in [1.82, 2.24) is 20.5 Å². The van der Waals surface area contributed by atoms with Crippen molar-refractivity contribution in [2.24, 2.45) is 4.99 Å². The van der Waals surface area contributed by atoms with Gasteiger partial charge in [0.25, 0.3) is 0 Å². The third-order valence-electron chi connectivity index (χ3n) is 5.41. The van der Waals surface area contributed by atoms with Gasteiger partial charge in [-0.05, 0) is 57.0 Å².